The molecule has 1 aromatic rings. The van der Waals surface area contributed by atoms with Crippen LogP contribution in [0.25, 0.3) is 5.57 Å². The fourth-order valence-electron chi connectivity index (χ4n) is 2.09. The number of thiazole rings is 1. The highest BCUT2D eigenvalue weighted by Crippen LogP contribution is 2.20. The van der Waals surface area contributed by atoms with Gasteiger partial charge in [-0.1, -0.05) is 32.1 Å². The van der Waals surface area contributed by atoms with Crippen molar-refractivity contribution < 1.29 is 19.8 Å². The van der Waals surface area contributed by atoms with Crippen LogP contribution in [0.1, 0.15) is 58.7 Å². The van der Waals surface area contributed by atoms with Crippen molar-refractivity contribution in [3.8, 4) is 0 Å². The minimum atomic E-state index is -1.07. The number of nitrogens with one attached hydrogen (secondary N) is 1. The van der Waals surface area contributed by atoms with E-state index in [1.54, 1.807) is 0 Å². The SMILES string of the molecule is C/C=C(\C)c1nc(C[C@H](NC(CC(C)C)C(=O)O)C(=O)O)cs1.C/C=C\C. The quantitative estimate of drug-likeness (QED) is 0.540. The average molecular weight is 397 g/mol. The highest BCUT2D eigenvalue weighted by Gasteiger charge is 2.27. The molecule has 0 aromatic carbocycles. The number of aliphatic carboxylic acids is 2. The zero-order valence-corrected chi connectivity index (χ0v) is 17.8. The fourth-order valence-corrected chi connectivity index (χ4v) is 2.96. The van der Waals surface area contributed by atoms with E-state index < -0.39 is 24.0 Å². The van der Waals surface area contributed by atoms with Crippen LogP contribution in [-0.4, -0.2) is 39.2 Å². The molecule has 1 heterocycles. The molecule has 0 fully saturated rings. The Hall–Kier alpha value is -1.99. The Morgan fingerprint density at radius 3 is 2.11 bits per heavy atom. The summed E-state index contributed by atoms with van der Waals surface area (Å²) in [4.78, 5) is 27.2. The molecular formula is C20H32N2O4S. The van der Waals surface area contributed by atoms with E-state index in [0.717, 1.165) is 10.6 Å². The second-order valence-electron chi connectivity index (χ2n) is 6.56. The summed E-state index contributed by atoms with van der Waals surface area (Å²) in [6, 6.07) is -1.86. The zero-order chi connectivity index (χ0) is 21.0. The van der Waals surface area contributed by atoms with E-state index in [-0.39, 0.29) is 12.3 Å². The molecule has 0 aliphatic rings. The molecule has 1 aromatic heterocycles. The summed E-state index contributed by atoms with van der Waals surface area (Å²) >= 11 is 1.46. The lowest BCUT2D eigenvalue weighted by molar-refractivity contribution is -0.142. The molecule has 27 heavy (non-hydrogen) atoms. The van der Waals surface area contributed by atoms with E-state index >= 15 is 0 Å². The normalized spacial score (nSPS) is 14.0. The van der Waals surface area contributed by atoms with E-state index in [4.69, 9.17) is 0 Å². The maximum absolute atomic E-state index is 11.5. The molecule has 0 bridgehead atoms. The molecule has 0 amide bonds. The average Bonchev–Trinajstić information content (AvgIpc) is 3.07. The Morgan fingerprint density at radius 2 is 1.70 bits per heavy atom. The van der Waals surface area contributed by atoms with Crippen molar-refractivity contribution in [2.75, 3.05) is 0 Å². The van der Waals surface area contributed by atoms with Gasteiger partial charge < -0.3 is 10.2 Å². The molecule has 3 N–H and O–H groups in total. The maximum Gasteiger partial charge on any atom is 0.321 e. The van der Waals surface area contributed by atoms with E-state index in [2.05, 4.69) is 10.3 Å². The Morgan fingerprint density at radius 1 is 1.15 bits per heavy atom. The lowest BCUT2D eigenvalue weighted by atomic mass is 10.0. The lowest BCUT2D eigenvalue weighted by Crippen LogP contribution is -2.48. The third-order valence-electron chi connectivity index (χ3n) is 3.77. The van der Waals surface area contributed by atoms with E-state index in [1.165, 1.54) is 11.3 Å². The molecule has 0 aliphatic carbocycles. The molecule has 0 aliphatic heterocycles. The van der Waals surface area contributed by atoms with Gasteiger partial charge in [0.25, 0.3) is 0 Å². The first-order valence-electron chi connectivity index (χ1n) is 9.02. The summed E-state index contributed by atoms with van der Waals surface area (Å²) in [6.07, 6.45) is 6.47. The van der Waals surface area contributed by atoms with Crippen molar-refractivity contribution in [3.63, 3.8) is 0 Å². The van der Waals surface area contributed by atoms with Gasteiger partial charge in [0.1, 0.15) is 17.1 Å². The first-order valence-corrected chi connectivity index (χ1v) is 9.90. The molecular weight excluding hydrogens is 364 g/mol. The number of rotatable bonds is 9. The number of allylic oxidation sites excluding steroid dienone is 4. The minimum Gasteiger partial charge on any atom is -0.480 e. The molecule has 6 nitrogen and oxygen atoms in total. The molecule has 0 saturated carbocycles. The Labute approximate surface area is 166 Å². The predicted molar refractivity (Wildman–Crippen MR) is 111 cm³/mol. The van der Waals surface area contributed by atoms with E-state index in [9.17, 15) is 19.8 Å². The first kappa shape index (κ1) is 25.0. The molecule has 7 heteroatoms. The van der Waals surface area contributed by atoms with Gasteiger partial charge in [-0.3, -0.25) is 14.9 Å². The topological polar surface area (TPSA) is 99.5 Å². The van der Waals surface area contributed by atoms with E-state index in [1.807, 2.05) is 65.2 Å². The largest absolute Gasteiger partial charge is 0.480 e. The van der Waals surface area contributed by atoms with Gasteiger partial charge >= 0.3 is 11.9 Å². The summed E-state index contributed by atoms with van der Waals surface area (Å²) < 4.78 is 0. The first-order chi connectivity index (χ1) is 12.7. The van der Waals surface area contributed by atoms with Crippen molar-refractivity contribution in [1.82, 2.24) is 10.3 Å². The van der Waals surface area contributed by atoms with Crippen molar-refractivity contribution in [3.05, 3.63) is 34.3 Å². The van der Waals surface area contributed by atoms with Crippen molar-refractivity contribution in [2.24, 2.45) is 5.92 Å². The van der Waals surface area contributed by atoms with Crippen molar-refractivity contribution >= 4 is 28.8 Å². The number of carboxylic acids is 2. The fraction of sp³-hybridized carbons (Fsp3) is 0.550. The highest BCUT2D eigenvalue weighted by atomic mass is 32.1. The minimum absolute atomic E-state index is 0.154. The van der Waals surface area contributed by atoms with Crippen LogP contribution in [0.2, 0.25) is 0 Å². The lowest BCUT2D eigenvalue weighted by Gasteiger charge is -2.21. The third-order valence-corrected chi connectivity index (χ3v) is 4.80. The van der Waals surface area contributed by atoms with Gasteiger partial charge in [0.05, 0.1) is 5.69 Å². The predicted octanol–water partition coefficient (Wildman–Crippen LogP) is 4.23. The van der Waals surface area contributed by atoms with E-state index in [0.29, 0.717) is 12.1 Å². The highest BCUT2D eigenvalue weighted by molar-refractivity contribution is 7.10. The van der Waals surface area contributed by atoms with Crippen LogP contribution in [0.5, 0.6) is 0 Å². The second kappa shape index (κ2) is 13.2. The third kappa shape index (κ3) is 10.1. The number of hydrogen-bond acceptors (Lipinski definition) is 5. The van der Waals surface area contributed by atoms with Crippen LogP contribution in [-0.2, 0) is 16.0 Å². The van der Waals surface area contributed by atoms with Crippen molar-refractivity contribution in [2.45, 2.75) is 66.5 Å². The number of carbonyl (C=O) groups is 2. The van der Waals surface area contributed by atoms with Crippen LogP contribution >= 0.6 is 11.3 Å². The van der Waals surface area contributed by atoms with Gasteiger partial charge in [0, 0.05) is 11.8 Å². The van der Waals surface area contributed by atoms with Gasteiger partial charge in [-0.15, -0.1) is 11.3 Å². The van der Waals surface area contributed by atoms with Crippen molar-refractivity contribution in [1.29, 1.82) is 0 Å². The Bertz CT molecular complexity index is 646. The van der Waals surface area contributed by atoms with Crippen LogP contribution in [0, 0.1) is 5.92 Å². The van der Waals surface area contributed by atoms with Crippen LogP contribution in [0.4, 0.5) is 0 Å². The molecule has 1 unspecified atom stereocenters. The van der Waals surface area contributed by atoms with Gasteiger partial charge in [0.15, 0.2) is 0 Å². The van der Waals surface area contributed by atoms with Crippen LogP contribution in [0.15, 0.2) is 23.6 Å². The molecule has 0 spiro atoms. The second-order valence-corrected chi connectivity index (χ2v) is 7.42. The van der Waals surface area contributed by atoms with Gasteiger partial charge in [-0.05, 0) is 45.6 Å². The number of aromatic nitrogens is 1. The molecule has 152 valence electrons. The Kier molecular flexibility index (Phi) is 12.2. The molecule has 0 saturated heterocycles. The summed E-state index contributed by atoms with van der Waals surface area (Å²) in [7, 11) is 0. The van der Waals surface area contributed by atoms with Crippen LogP contribution in [0.3, 0.4) is 0 Å². The number of nitrogens with zero attached hydrogens (tertiary/aromatic N) is 1. The van der Waals surface area contributed by atoms with Gasteiger partial charge in [0.2, 0.25) is 0 Å². The summed E-state index contributed by atoms with van der Waals surface area (Å²) in [5.74, 6) is -1.95. The summed E-state index contributed by atoms with van der Waals surface area (Å²) in [5.41, 5.74) is 1.68. The Balaban J connectivity index is 0.00000153. The van der Waals surface area contributed by atoms with Gasteiger partial charge in [-0.2, -0.15) is 0 Å². The smallest absolute Gasteiger partial charge is 0.321 e. The molecule has 2 atom stereocenters. The monoisotopic (exact) mass is 396 g/mol. The maximum atomic E-state index is 11.5. The number of carboxylic acid groups (broad SMARTS) is 2. The van der Waals surface area contributed by atoms with Crippen LogP contribution < -0.4 is 5.32 Å². The summed E-state index contributed by atoms with van der Waals surface area (Å²) in [6.45, 7) is 11.7. The van der Waals surface area contributed by atoms with Gasteiger partial charge in [-0.25, -0.2) is 4.98 Å². The molecule has 1 rings (SSSR count). The summed E-state index contributed by atoms with van der Waals surface area (Å²) in [5, 5.41) is 24.0. The standard InChI is InChI=1S/C16H24N2O4S.C4H8/c1-5-10(4)14-17-11(8-23-14)7-13(16(21)22)18-12(15(19)20)6-9(2)3;1-3-4-2/h5,8-9,12-13,18H,6-7H2,1-4H3,(H,19,20)(H,21,22);3-4H,1-2H3/b10-5+;4-3-/t12?,13-;/m0./s1. The number of hydrogen-bond donors (Lipinski definition) is 3. The molecule has 0 radical (unpaired) electrons. The zero-order valence-electron chi connectivity index (χ0n) is 17.0.